The highest BCUT2D eigenvalue weighted by Gasteiger charge is 2.13. The molecule has 1 aromatic heterocycles. The van der Waals surface area contributed by atoms with Gasteiger partial charge in [0.25, 0.3) is 0 Å². The summed E-state index contributed by atoms with van der Waals surface area (Å²) in [5, 5.41) is 10.2. The van der Waals surface area contributed by atoms with Crippen LogP contribution >= 0.6 is 15.9 Å². The molecule has 2 rings (SSSR count). The van der Waals surface area contributed by atoms with Crippen molar-refractivity contribution in [1.82, 2.24) is 4.98 Å². The lowest BCUT2D eigenvalue weighted by Crippen LogP contribution is -2.07. The summed E-state index contributed by atoms with van der Waals surface area (Å²) in [5.41, 5.74) is 8.53. The average Bonchev–Trinajstić information content (AvgIpc) is 2.32. The van der Waals surface area contributed by atoms with E-state index in [-0.39, 0.29) is 0 Å². The number of nitrogens with two attached hydrogens (primary N) is 1. The van der Waals surface area contributed by atoms with E-state index in [9.17, 15) is 5.11 Å². The number of aryl methyl sites for hydroxylation is 1. The van der Waals surface area contributed by atoms with Gasteiger partial charge in [-0.1, -0.05) is 28.1 Å². The molecule has 18 heavy (non-hydrogen) atoms. The fraction of sp³-hybridized carbons (Fsp3) is 0.214. The van der Waals surface area contributed by atoms with E-state index in [1.54, 1.807) is 6.20 Å². The fourth-order valence-electron chi connectivity index (χ4n) is 1.87. The molecule has 0 saturated carbocycles. The minimum absolute atomic E-state index is 0.392. The van der Waals surface area contributed by atoms with E-state index in [1.165, 1.54) is 0 Å². The molecule has 0 fully saturated rings. The van der Waals surface area contributed by atoms with E-state index in [0.29, 0.717) is 17.8 Å². The second-order valence-corrected chi connectivity index (χ2v) is 5.25. The van der Waals surface area contributed by atoms with Crippen LogP contribution in [0.15, 0.2) is 41.0 Å². The van der Waals surface area contributed by atoms with Crippen LogP contribution in [0.25, 0.3) is 0 Å². The van der Waals surface area contributed by atoms with Gasteiger partial charge >= 0.3 is 0 Å². The first-order valence-electron chi connectivity index (χ1n) is 5.71. The first-order chi connectivity index (χ1) is 8.56. The third kappa shape index (κ3) is 3.09. The number of aromatic nitrogens is 1. The van der Waals surface area contributed by atoms with Crippen LogP contribution in [-0.4, -0.2) is 10.1 Å². The van der Waals surface area contributed by atoms with Crippen LogP contribution in [0.5, 0.6) is 0 Å². The van der Waals surface area contributed by atoms with Crippen molar-refractivity contribution in [2.24, 2.45) is 0 Å². The standard InChI is InChI=1S/C14H15BrN2O/c1-9-5-12(14(16)17-8-9)13(18)7-10-3-2-4-11(15)6-10/h2-6,8,13,18H,7H2,1H3,(H2,16,17). The molecular weight excluding hydrogens is 292 g/mol. The van der Waals surface area contributed by atoms with Gasteiger partial charge in [-0.15, -0.1) is 0 Å². The van der Waals surface area contributed by atoms with Crippen molar-refractivity contribution in [2.45, 2.75) is 19.4 Å². The summed E-state index contributed by atoms with van der Waals surface area (Å²) >= 11 is 3.42. The number of hydrogen-bond donors (Lipinski definition) is 2. The topological polar surface area (TPSA) is 59.1 Å². The summed E-state index contributed by atoms with van der Waals surface area (Å²) in [4.78, 5) is 4.07. The lowest BCUT2D eigenvalue weighted by atomic mass is 10.0. The number of benzene rings is 1. The van der Waals surface area contributed by atoms with Crippen molar-refractivity contribution in [3.8, 4) is 0 Å². The molecule has 0 amide bonds. The normalized spacial score (nSPS) is 12.4. The van der Waals surface area contributed by atoms with E-state index in [4.69, 9.17) is 5.73 Å². The van der Waals surface area contributed by atoms with Crippen molar-refractivity contribution >= 4 is 21.7 Å². The van der Waals surface area contributed by atoms with Gasteiger partial charge in [0.1, 0.15) is 5.82 Å². The Kier molecular flexibility index (Phi) is 3.99. The van der Waals surface area contributed by atoms with Gasteiger partial charge in [0.2, 0.25) is 0 Å². The van der Waals surface area contributed by atoms with Gasteiger partial charge in [0.05, 0.1) is 6.10 Å². The minimum atomic E-state index is -0.633. The molecule has 4 heteroatoms. The number of nitrogens with zero attached hydrogens (tertiary/aromatic N) is 1. The Hall–Kier alpha value is -1.39. The summed E-state index contributed by atoms with van der Waals surface area (Å²) in [7, 11) is 0. The lowest BCUT2D eigenvalue weighted by molar-refractivity contribution is 0.179. The van der Waals surface area contributed by atoms with E-state index < -0.39 is 6.10 Å². The highest BCUT2D eigenvalue weighted by molar-refractivity contribution is 9.10. The first-order valence-corrected chi connectivity index (χ1v) is 6.50. The first kappa shape index (κ1) is 13.1. The predicted molar refractivity (Wildman–Crippen MR) is 76.2 cm³/mol. The molecule has 1 unspecified atom stereocenters. The van der Waals surface area contributed by atoms with Crippen molar-refractivity contribution in [3.63, 3.8) is 0 Å². The monoisotopic (exact) mass is 306 g/mol. The summed E-state index contributed by atoms with van der Waals surface area (Å²) < 4.78 is 1.00. The van der Waals surface area contributed by atoms with Gasteiger partial charge in [0.15, 0.2) is 0 Å². The van der Waals surface area contributed by atoms with Crippen LogP contribution in [0.1, 0.15) is 22.8 Å². The average molecular weight is 307 g/mol. The number of aliphatic hydroxyl groups is 1. The van der Waals surface area contributed by atoms with Gasteiger partial charge in [-0.2, -0.15) is 0 Å². The molecule has 0 saturated heterocycles. The van der Waals surface area contributed by atoms with E-state index >= 15 is 0 Å². The quantitative estimate of drug-likeness (QED) is 0.916. The third-order valence-corrected chi connectivity index (χ3v) is 3.26. The molecule has 0 radical (unpaired) electrons. The Bertz CT molecular complexity index is 557. The van der Waals surface area contributed by atoms with Crippen LogP contribution < -0.4 is 5.73 Å². The molecule has 0 aliphatic carbocycles. The maximum absolute atomic E-state index is 10.2. The van der Waals surface area contributed by atoms with Crippen molar-refractivity contribution < 1.29 is 5.11 Å². The smallest absolute Gasteiger partial charge is 0.129 e. The molecule has 2 aromatic rings. The summed E-state index contributed by atoms with van der Waals surface area (Å²) in [6.45, 7) is 1.93. The van der Waals surface area contributed by atoms with E-state index in [0.717, 1.165) is 15.6 Å². The van der Waals surface area contributed by atoms with Gasteiger partial charge in [0, 0.05) is 22.7 Å². The van der Waals surface area contributed by atoms with Gasteiger partial charge in [-0.05, 0) is 36.2 Å². The number of rotatable bonds is 3. The molecule has 1 atom stereocenters. The highest BCUT2D eigenvalue weighted by Crippen LogP contribution is 2.24. The summed E-state index contributed by atoms with van der Waals surface area (Å²) in [6.07, 6.45) is 1.59. The van der Waals surface area contributed by atoms with Gasteiger partial charge in [-0.25, -0.2) is 4.98 Å². The maximum atomic E-state index is 10.2. The van der Waals surface area contributed by atoms with Crippen LogP contribution in [0.3, 0.4) is 0 Å². The number of halogens is 1. The predicted octanol–water partition coefficient (Wildman–Crippen LogP) is 3.01. The SMILES string of the molecule is Cc1cnc(N)c(C(O)Cc2cccc(Br)c2)c1. The molecule has 0 bridgehead atoms. The fourth-order valence-corrected chi connectivity index (χ4v) is 2.31. The van der Waals surface area contributed by atoms with Crippen LogP contribution in [0.2, 0.25) is 0 Å². The zero-order valence-electron chi connectivity index (χ0n) is 10.1. The molecule has 0 spiro atoms. The second-order valence-electron chi connectivity index (χ2n) is 4.34. The lowest BCUT2D eigenvalue weighted by Gasteiger charge is -2.13. The molecule has 94 valence electrons. The molecule has 0 aliphatic rings. The van der Waals surface area contributed by atoms with Crippen molar-refractivity contribution in [1.29, 1.82) is 0 Å². The zero-order chi connectivity index (χ0) is 13.1. The number of pyridine rings is 1. The largest absolute Gasteiger partial charge is 0.388 e. The second kappa shape index (κ2) is 5.50. The van der Waals surface area contributed by atoms with E-state index in [2.05, 4.69) is 20.9 Å². The molecular formula is C14H15BrN2O. The summed E-state index contributed by atoms with van der Waals surface area (Å²) in [5.74, 6) is 0.392. The molecule has 1 aromatic carbocycles. The highest BCUT2D eigenvalue weighted by atomic mass is 79.9. The van der Waals surface area contributed by atoms with Crippen molar-refractivity contribution in [3.05, 3.63) is 57.7 Å². The Balaban J connectivity index is 2.21. The Morgan fingerprint density at radius 2 is 2.17 bits per heavy atom. The molecule has 3 nitrogen and oxygen atoms in total. The van der Waals surface area contributed by atoms with Crippen LogP contribution in [-0.2, 0) is 6.42 Å². The van der Waals surface area contributed by atoms with E-state index in [1.807, 2.05) is 37.3 Å². The minimum Gasteiger partial charge on any atom is -0.388 e. The van der Waals surface area contributed by atoms with Crippen LogP contribution in [0.4, 0.5) is 5.82 Å². The molecule has 0 aliphatic heterocycles. The number of aliphatic hydroxyl groups excluding tert-OH is 1. The Labute approximate surface area is 115 Å². The maximum Gasteiger partial charge on any atom is 0.129 e. The number of anilines is 1. The van der Waals surface area contributed by atoms with Crippen molar-refractivity contribution in [2.75, 3.05) is 5.73 Å². The number of hydrogen-bond acceptors (Lipinski definition) is 3. The number of nitrogen functional groups attached to an aromatic ring is 1. The third-order valence-electron chi connectivity index (χ3n) is 2.76. The van der Waals surface area contributed by atoms with Crippen LogP contribution in [0, 0.1) is 6.92 Å². The van der Waals surface area contributed by atoms with Gasteiger partial charge in [-0.3, -0.25) is 0 Å². The molecule has 1 heterocycles. The molecule has 3 N–H and O–H groups in total. The summed E-state index contributed by atoms with van der Waals surface area (Å²) in [6, 6.07) is 9.75. The Morgan fingerprint density at radius 1 is 1.39 bits per heavy atom. The zero-order valence-corrected chi connectivity index (χ0v) is 11.7. The Morgan fingerprint density at radius 3 is 2.89 bits per heavy atom. The van der Waals surface area contributed by atoms with Gasteiger partial charge < -0.3 is 10.8 Å².